The number of rotatable bonds is 4. The number of amides is 2. The molecule has 3 rings (SSSR count). The molecule has 2 amide bonds. The van der Waals surface area contributed by atoms with Crippen molar-refractivity contribution in [2.75, 3.05) is 18.4 Å². The molecule has 0 spiro atoms. The van der Waals surface area contributed by atoms with Crippen molar-refractivity contribution >= 4 is 11.8 Å². The second-order valence-electron chi connectivity index (χ2n) is 5.94. The van der Waals surface area contributed by atoms with Gasteiger partial charge < -0.3 is 5.32 Å². The van der Waals surface area contributed by atoms with Crippen LogP contribution in [0.1, 0.15) is 18.4 Å². The zero-order valence-electron chi connectivity index (χ0n) is 13.4. The maximum atomic E-state index is 12.0. The van der Waals surface area contributed by atoms with E-state index in [1.165, 1.54) is 17.7 Å². The topological polar surface area (TPSA) is 90.1 Å². The molecule has 126 valence electrons. The van der Waals surface area contributed by atoms with E-state index < -0.39 is 0 Å². The molecule has 0 bridgehead atoms. The third-order valence-electron chi connectivity index (χ3n) is 4.09. The first-order valence-corrected chi connectivity index (χ1v) is 8.08. The summed E-state index contributed by atoms with van der Waals surface area (Å²) in [7, 11) is 0. The monoisotopic (exact) mass is 327 g/mol. The molecule has 1 aliphatic heterocycles. The summed E-state index contributed by atoms with van der Waals surface area (Å²) in [6.07, 6.45) is 1.83. The number of likely N-dealkylation sites (tertiary alicyclic amines) is 1. The molecule has 1 fully saturated rings. The number of carbonyl (C=O) groups is 1. The lowest BCUT2D eigenvalue weighted by Crippen LogP contribution is -2.45. The van der Waals surface area contributed by atoms with E-state index in [2.05, 4.69) is 50.0 Å². The average Bonchev–Trinajstić information content (AvgIpc) is 2.60. The van der Waals surface area contributed by atoms with Crippen LogP contribution in [0.25, 0.3) is 0 Å². The molecule has 1 aromatic carbocycles. The van der Waals surface area contributed by atoms with Gasteiger partial charge in [-0.3, -0.25) is 15.0 Å². The lowest BCUT2D eigenvalue weighted by Gasteiger charge is -2.32. The number of piperidine rings is 1. The number of aromatic nitrogens is 2. The molecule has 7 heteroatoms. The van der Waals surface area contributed by atoms with Gasteiger partial charge in [0.25, 0.3) is 5.56 Å². The van der Waals surface area contributed by atoms with Crippen LogP contribution in [0.4, 0.5) is 10.6 Å². The van der Waals surface area contributed by atoms with E-state index in [1.54, 1.807) is 0 Å². The number of benzene rings is 1. The van der Waals surface area contributed by atoms with Crippen LogP contribution >= 0.6 is 0 Å². The van der Waals surface area contributed by atoms with Crippen LogP contribution < -0.4 is 16.2 Å². The molecule has 0 unspecified atom stereocenters. The van der Waals surface area contributed by atoms with Crippen molar-refractivity contribution in [3.05, 3.63) is 58.4 Å². The highest BCUT2D eigenvalue weighted by molar-refractivity contribution is 5.88. The Labute approximate surface area is 140 Å². The van der Waals surface area contributed by atoms with Crippen LogP contribution in [0, 0.1) is 0 Å². The minimum Gasteiger partial charge on any atom is -0.335 e. The second-order valence-corrected chi connectivity index (χ2v) is 5.94. The predicted octanol–water partition coefficient (Wildman–Crippen LogP) is 1.56. The summed E-state index contributed by atoms with van der Waals surface area (Å²) in [5.41, 5.74) is 1.01. The number of H-pyrrole nitrogens is 1. The van der Waals surface area contributed by atoms with Gasteiger partial charge in [-0.1, -0.05) is 30.3 Å². The van der Waals surface area contributed by atoms with E-state index >= 15 is 0 Å². The van der Waals surface area contributed by atoms with Gasteiger partial charge in [-0.05, 0) is 24.5 Å². The van der Waals surface area contributed by atoms with Gasteiger partial charge in [-0.15, -0.1) is 0 Å². The summed E-state index contributed by atoms with van der Waals surface area (Å²) in [5, 5.41) is 11.6. The SMILES string of the molecule is O=C(Nc1ccc(=O)[nH]n1)NC1CCN(Cc2ccccc2)CC1. The minimum atomic E-state index is -0.299. The molecule has 24 heavy (non-hydrogen) atoms. The number of hydrogen-bond acceptors (Lipinski definition) is 4. The Morgan fingerprint density at radius 3 is 2.58 bits per heavy atom. The van der Waals surface area contributed by atoms with Crippen molar-refractivity contribution in [1.82, 2.24) is 20.4 Å². The molecular formula is C17H21N5O2. The summed E-state index contributed by atoms with van der Waals surface area (Å²) >= 11 is 0. The molecule has 1 aromatic heterocycles. The Bertz CT molecular complexity index is 703. The smallest absolute Gasteiger partial charge is 0.320 e. The molecule has 0 atom stereocenters. The van der Waals surface area contributed by atoms with E-state index in [4.69, 9.17) is 0 Å². The molecule has 0 radical (unpaired) electrons. The quantitative estimate of drug-likeness (QED) is 0.795. The summed E-state index contributed by atoms with van der Waals surface area (Å²) in [6.45, 7) is 2.86. The average molecular weight is 327 g/mol. The number of urea groups is 1. The summed E-state index contributed by atoms with van der Waals surface area (Å²) in [6, 6.07) is 13.1. The van der Waals surface area contributed by atoms with Crippen molar-refractivity contribution < 1.29 is 4.79 Å². The number of anilines is 1. The summed E-state index contributed by atoms with van der Waals surface area (Å²) < 4.78 is 0. The standard InChI is InChI=1S/C17H21N5O2/c23-16-7-6-15(20-21-16)19-17(24)18-14-8-10-22(11-9-14)12-13-4-2-1-3-5-13/h1-7,14H,8-12H2,(H,21,23)(H2,18,19,20,24). The first-order valence-electron chi connectivity index (χ1n) is 8.08. The van der Waals surface area contributed by atoms with E-state index in [0.717, 1.165) is 32.5 Å². The summed E-state index contributed by atoms with van der Waals surface area (Å²) in [5.74, 6) is 0.327. The number of hydrogen-bond donors (Lipinski definition) is 3. The van der Waals surface area contributed by atoms with Crippen molar-refractivity contribution in [3.8, 4) is 0 Å². The van der Waals surface area contributed by atoms with Crippen LogP contribution in [0.3, 0.4) is 0 Å². The Hall–Kier alpha value is -2.67. The van der Waals surface area contributed by atoms with Crippen LogP contribution in [0.2, 0.25) is 0 Å². The zero-order valence-corrected chi connectivity index (χ0v) is 13.4. The highest BCUT2D eigenvalue weighted by Gasteiger charge is 2.20. The summed E-state index contributed by atoms with van der Waals surface area (Å²) in [4.78, 5) is 25.3. The zero-order chi connectivity index (χ0) is 16.8. The fourth-order valence-electron chi connectivity index (χ4n) is 2.83. The number of carbonyl (C=O) groups excluding carboxylic acids is 1. The van der Waals surface area contributed by atoms with Gasteiger partial charge in [0.15, 0.2) is 5.82 Å². The van der Waals surface area contributed by atoms with Crippen molar-refractivity contribution in [2.45, 2.75) is 25.4 Å². The third-order valence-corrected chi connectivity index (χ3v) is 4.09. The molecule has 0 saturated carbocycles. The Balaban J connectivity index is 1.42. The van der Waals surface area contributed by atoms with Gasteiger partial charge in [0, 0.05) is 31.7 Å². The number of nitrogens with zero attached hydrogens (tertiary/aromatic N) is 2. The molecule has 3 N–H and O–H groups in total. The van der Waals surface area contributed by atoms with E-state index in [1.807, 2.05) is 6.07 Å². The van der Waals surface area contributed by atoms with Crippen LogP contribution in [0.15, 0.2) is 47.3 Å². The molecule has 2 aromatic rings. The van der Waals surface area contributed by atoms with Crippen LogP contribution in [-0.2, 0) is 6.54 Å². The van der Waals surface area contributed by atoms with Gasteiger partial charge >= 0.3 is 6.03 Å². The first-order chi connectivity index (χ1) is 11.7. The van der Waals surface area contributed by atoms with Crippen molar-refractivity contribution in [3.63, 3.8) is 0 Å². The fourth-order valence-corrected chi connectivity index (χ4v) is 2.83. The highest BCUT2D eigenvalue weighted by atomic mass is 16.2. The lowest BCUT2D eigenvalue weighted by molar-refractivity contribution is 0.190. The van der Waals surface area contributed by atoms with E-state index in [-0.39, 0.29) is 17.6 Å². The number of nitrogens with one attached hydrogen (secondary N) is 3. The Morgan fingerprint density at radius 1 is 1.17 bits per heavy atom. The second kappa shape index (κ2) is 7.74. The molecule has 1 saturated heterocycles. The van der Waals surface area contributed by atoms with Gasteiger partial charge in [-0.2, -0.15) is 5.10 Å². The normalized spacial score (nSPS) is 15.8. The minimum absolute atomic E-state index is 0.153. The molecular weight excluding hydrogens is 306 g/mol. The largest absolute Gasteiger partial charge is 0.335 e. The van der Waals surface area contributed by atoms with Crippen molar-refractivity contribution in [1.29, 1.82) is 0 Å². The fraction of sp³-hybridized carbons (Fsp3) is 0.353. The van der Waals surface area contributed by atoms with Gasteiger partial charge in [-0.25, -0.2) is 9.89 Å². The molecule has 0 aliphatic carbocycles. The molecule has 7 nitrogen and oxygen atoms in total. The van der Waals surface area contributed by atoms with Gasteiger partial charge in [0.1, 0.15) is 0 Å². The Morgan fingerprint density at radius 2 is 1.92 bits per heavy atom. The van der Waals surface area contributed by atoms with E-state index in [0.29, 0.717) is 5.82 Å². The maximum absolute atomic E-state index is 12.0. The maximum Gasteiger partial charge on any atom is 0.320 e. The van der Waals surface area contributed by atoms with Crippen LogP contribution in [0.5, 0.6) is 0 Å². The first kappa shape index (κ1) is 16.2. The van der Waals surface area contributed by atoms with Gasteiger partial charge in [0.2, 0.25) is 0 Å². The van der Waals surface area contributed by atoms with Crippen LogP contribution in [-0.4, -0.2) is 40.3 Å². The van der Waals surface area contributed by atoms with E-state index in [9.17, 15) is 9.59 Å². The highest BCUT2D eigenvalue weighted by Crippen LogP contribution is 2.14. The molecule has 2 heterocycles. The third kappa shape index (κ3) is 4.66. The lowest BCUT2D eigenvalue weighted by atomic mass is 10.0. The van der Waals surface area contributed by atoms with Gasteiger partial charge in [0.05, 0.1) is 0 Å². The van der Waals surface area contributed by atoms with Crippen molar-refractivity contribution in [2.24, 2.45) is 0 Å². The molecule has 1 aliphatic rings. The number of aromatic amines is 1. The Kier molecular flexibility index (Phi) is 5.22. The predicted molar refractivity (Wildman–Crippen MR) is 91.8 cm³/mol.